The van der Waals surface area contributed by atoms with E-state index in [0.717, 1.165) is 18.7 Å². The van der Waals surface area contributed by atoms with E-state index in [0.29, 0.717) is 44.8 Å². The highest BCUT2D eigenvalue weighted by molar-refractivity contribution is 6.00. The number of aromatic carboxylic acids is 1. The van der Waals surface area contributed by atoms with Crippen LogP contribution in [0.1, 0.15) is 98.9 Å². The molecule has 0 spiro atoms. The molecule has 5 heterocycles. The van der Waals surface area contributed by atoms with Gasteiger partial charge in [-0.2, -0.15) is 0 Å². The fourth-order valence-electron chi connectivity index (χ4n) is 9.97. The fourth-order valence-corrected chi connectivity index (χ4v) is 9.97. The van der Waals surface area contributed by atoms with Crippen LogP contribution in [-0.2, 0) is 30.4 Å². The van der Waals surface area contributed by atoms with Gasteiger partial charge in [-0.25, -0.2) is 19.2 Å². The number of halogens is 1. The van der Waals surface area contributed by atoms with Crippen LogP contribution in [0.15, 0.2) is 152 Å². The predicted molar refractivity (Wildman–Crippen MR) is 395 cm³/mol. The van der Waals surface area contributed by atoms with Gasteiger partial charge >= 0.3 is 24.2 Å². The first kappa shape index (κ1) is 87.1. The van der Waals surface area contributed by atoms with Crippen LogP contribution >= 0.6 is 12.4 Å². The molecule has 0 aliphatic carbocycles. The minimum atomic E-state index is -1.17. The Morgan fingerprint density at radius 2 is 0.759 bits per heavy atom. The number of carbonyl (C=O) groups is 10. The third-order valence-corrected chi connectivity index (χ3v) is 15.8. The monoisotopic (exact) mass is 1520 g/mol. The van der Waals surface area contributed by atoms with Crippen LogP contribution in [-0.4, -0.2) is 252 Å². The van der Waals surface area contributed by atoms with Crippen LogP contribution in [0.3, 0.4) is 0 Å². The molecule has 0 saturated carbocycles. The van der Waals surface area contributed by atoms with Crippen LogP contribution in [0, 0.1) is 0 Å². The molecule has 33 nitrogen and oxygen atoms in total. The number of nitrogens with zero attached hydrogens (tertiary/aromatic N) is 4. The van der Waals surface area contributed by atoms with Gasteiger partial charge in [0.15, 0.2) is 0 Å². The van der Waals surface area contributed by atoms with Gasteiger partial charge < -0.3 is 118 Å². The molecule has 34 heteroatoms. The van der Waals surface area contributed by atoms with Crippen molar-refractivity contribution in [3.8, 4) is 28.7 Å². The molecule has 0 aromatic heterocycles. The number of aromatic hydroxyl groups is 5. The van der Waals surface area contributed by atoms with Crippen molar-refractivity contribution in [2.75, 3.05) is 78.7 Å². The lowest BCUT2D eigenvalue weighted by Gasteiger charge is -2.40. The van der Waals surface area contributed by atoms with Crippen molar-refractivity contribution < 1.29 is 103 Å². The average molecular weight is 1520 g/mol. The van der Waals surface area contributed by atoms with Gasteiger partial charge in [0, 0.05) is 71.5 Å². The largest absolute Gasteiger partial charge is 0.507 e. The summed E-state index contributed by atoms with van der Waals surface area (Å²) in [6.07, 6.45) is -1.63. The molecule has 9 amide bonds. The predicted octanol–water partition coefficient (Wildman–Crippen LogP) is 3.18. The number of hydrogen-bond donors (Lipinski definition) is 16. The van der Waals surface area contributed by atoms with Crippen LogP contribution in [0.4, 0.5) is 14.4 Å². The van der Waals surface area contributed by atoms with Crippen molar-refractivity contribution in [3.05, 3.63) is 185 Å². The quantitative estimate of drug-likeness (QED) is 0.0619. The van der Waals surface area contributed by atoms with Gasteiger partial charge in [0.1, 0.15) is 64.2 Å². The molecule has 584 valence electrons. The van der Waals surface area contributed by atoms with Gasteiger partial charge in [-0.15, -0.1) is 12.4 Å². The number of aliphatic hydroxyl groups excluding tert-OH is 2. The van der Waals surface area contributed by atoms with Crippen molar-refractivity contribution in [2.45, 2.75) is 102 Å². The van der Waals surface area contributed by atoms with Crippen molar-refractivity contribution in [1.29, 1.82) is 0 Å². The van der Waals surface area contributed by atoms with Crippen molar-refractivity contribution in [2.24, 2.45) is 11.5 Å². The third kappa shape index (κ3) is 27.8. The summed E-state index contributed by atoms with van der Waals surface area (Å²) in [4.78, 5) is 123. The van der Waals surface area contributed by atoms with E-state index in [-0.39, 0.29) is 143 Å². The summed E-state index contributed by atoms with van der Waals surface area (Å²) < 4.78 is 15.3. The summed E-state index contributed by atoms with van der Waals surface area (Å²) in [6.45, 7) is 14.9. The number of aliphatic hydroxyl groups is 2. The first-order valence-corrected chi connectivity index (χ1v) is 33.9. The maximum atomic E-state index is 12.3. The van der Waals surface area contributed by atoms with Gasteiger partial charge in [-0.3, -0.25) is 28.8 Å². The van der Waals surface area contributed by atoms with E-state index >= 15 is 0 Å². The van der Waals surface area contributed by atoms with E-state index in [2.05, 4.69) is 31.9 Å². The number of rotatable bonds is 16. The Labute approximate surface area is 629 Å². The second-order valence-electron chi connectivity index (χ2n) is 27.0. The Morgan fingerprint density at radius 3 is 1.06 bits per heavy atom. The molecular formula is C74H95ClN12O21. The minimum Gasteiger partial charge on any atom is -0.507 e. The van der Waals surface area contributed by atoms with E-state index in [4.69, 9.17) is 41.0 Å². The van der Waals surface area contributed by atoms with Crippen molar-refractivity contribution in [1.82, 2.24) is 51.5 Å². The summed E-state index contributed by atoms with van der Waals surface area (Å²) >= 11 is 0. The number of alkyl carbamates (subject to hydrolysis) is 3. The van der Waals surface area contributed by atoms with Crippen LogP contribution in [0.2, 0.25) is 0 Å². The molecule has 11 rings (SSSR count). The molecule has 0 unspecified atom stereocenters. The highest BCUT2D eigenvalue weighted by atomic mass is 35.5. The number of benzene rings is 6. The standard InChI is InChI=1S/C21H23N3O6.C15H20N2O4.C13H17N3O4.C10H12N2O2.C8H16N2O2.C7H6O3.ClH/c25-12-17(23-21(29)30-13-14-6-2-1-3-7-14)19(27)22-15-10-24(11-15)20(28)16-8-4-5-9-18(16)26;1-15(2,3)21-14(20)16-10-8-17(9-10)13(19)11-6-4-5-7-12(11)18;14-10(7-17)12(19)15-8-5-16(6-8)13(20)9-3-1-2-4-11(9)18;11-7-5-12(6-7)10(14)8-3-1-2-4-9(8)13;1-8(2,3)12-7(11)10-6-4-9-5-6;8-6-4-2-1-3-5(6)7(9)10;/h1-9,15,17,25-26H,10-13H2,(H,22,27)(H,23,29);4-7,10,18H,8-9H2,1-3H3,(H,16,20);1-4,8,10,17-18H,5-7,14H2,(H,15,19);1-4,7,13H,5-6,11H2;6,9H,4-5H2,1-3H3,(H,10,11);1-4,8H,(H,9,10);1H/t17-;;10-;;;;/m0.0..../s1. The molecular weight excluding hydrogens is 1430 g/mol. The van der Waals surface area contributed by atoms with Crippen molar-refractivity contribution >= 4 is 72.1 Å². The number of carboxylic acid groups (broad SMARTS) is 1. The molecule has 5 fully saturated rings. The maximum Gasteiger partial charge on any atom is 0.408 e. The highest BCUT2D eigenvalue weighted by Gasteiger charge is 2.38. The number of amides is 9. The lowest BCUT2D eigenvalue weighted by atomic mass is 10.1. The van der Waals surface area contributed by atoms with Crippen LogP contribution in [0.5, 0.6) is 28.7 Å². The second-order valence-corrected chi connectivity index (χ2v) is 27.0. The Kier molecular flexibility index (Phi) is 33.4. The summed E-state index contributed by atoms with van der Waals surface area (Å²) in [5.74, 6) is -3.50. The molecule has 0 bridgehead atoms. The van der Waals surface area contributed by atoms with E-state index in [1.807, 2.05) is 39.0 Å². The van der Waals surface area contributed by atoms with Gasteiger partial charge in [0.2, 0.25) is 11.8 Å². The normalized spacial score (nSPS) is 15.0. The van der Waals surface area contributed by atoms with Crippen molar-refractivity contribution in [3.63, 3.8) is 0 Å². The summed E-state index contributed by atoms with van der Waals surface area (Å²) in [6, 6.07) is 38.0. The highest BCUT2D eigenvalue weighted by Crippen LogP contribution is 2.26. The number of phenols is 5. The number of phenolic OH excluding ortho intramolecular Hbond substituents is 4. The van der Waals surface area contributed by atoms with Gasteiger partial charge in [-0.05, 0) is 108 Å². The molecule has 18 N–H and O–H groups in total. The maximum absolute atomic E-state index is 12.3. The fraction of sp³-hybridized carbons (Fsp3) is 0.378. The van der Waals surface area contributed by atoms with E-state index in [9.17, 15) is 73.5 Å². The number of ether oxygens (including phenoxy) is 3. The average Bonchev–Trinajstić information content (AvgIpc) is 0.819. The molecule has 6 aromatic carbocycles. The number of carboxylic acids is 1. The van der Waals surface area contributed by atoms with E-state index < -0.39 is 66.5 Å². The van der Waals surface area contributed by atoms with Crippen LogP contribution in [0.25, 0.3) is 0 Å². The zero-order chi connectivity index (χ0) is 78.7. The van der Waals surface area contributed by atoms with E-state index in [1.54, 1.807) is 122 Å². The molecule has 5 saturated heterocycles. The number of para-hydroxylation sites is 5. The first-order chi connectivity index (χ1) is 50.6. The third-order valence-electron chi connectivity index (χ3n) is 15.8. The lowest BCUT2D eigenvalue weighted by molar-refractivity contribution is -0.126. The molecule has 108 heavy (non-hydrogen) atoms. The summed E-state index contributed by atoms with van der Waals surface area (Å²) in [5.41, 5.74) is 11.8. The number of nitrogens with two attached hydrogens (primary N) is 2. The Balaban J connectivity index is 0.000000240. The second kappa shape index (κ2) is 41.4. The first-order valence-electron chi connectivity index (χ1n) is 33.9. The zero-order valence-electron chi connectivity index (χ0n) is 60.4. The SMILES string of the molecule is CC(C)(C)OC(=O)NC1CN(C(=O)c2ccccc2O)C1.CC(C)(C)OC(=O)NC1CNC1.Cl.NC1CN(C(=O)c2ccccc2O)C1.N[C@@H](CO)C(=O)NC1CN(C(=O)c2ccccc2O)C1.O=C(N[C@@H](CO)C(=O)NC1CN(C(=O)c2ccccc2O)C1)OCc1ccccc1.O=C(O)c1ccccc1O. The zero-order valence-corrected chi connectivity index (χ0v) is 61.2. The molecule has 5 aliphatic heterocycles. The topological polar surface area (TPSA) is 497 Å². The van der Waals surface area contributed by atoms with Gasteiger partial charge in [0.05, 0.1) is 59.6 Å². The Hall–Kier alpha value is -11.5. The Bertz CT molecular complexity index is 4010. The molecule has 5 aliphatic rings. The lowest BCUT2D eigenvalue weighted by Crippen LogP contribution is -2.63. The minimum absolute atomic E-state index is 0. The number of nitrogens with one attached hydrogen (secondary N) is 6. The number of hydrogen-bond acceptors (Lipinski definition) is 23. The molecule has 2 atom stereocenters. The Morgan fingerprint density at radius 1 is 0.444 bits per heavy atom. The van der Waals surface area contributed by atoms with Crippen LogP contribution < -0.4 is 43.4 Å². The number of likely N-dealkylation sites (tertiary alicyclic amines) is 4. The summed E-state index contributed by atoms with van der Waals surface area (Å²) in [5, 5.41) is 90.1. The van der Waals surface area contributed by atoms with Gasteiger partial charge in [0.25, 0.3) is 23.6 Å². The molecule has 6 aromatic rings. The number of carbonyl (C=O) groups excluding carboxylic acids is 9. The summed E-state index contributed by atoms with van der Waals surface area (Å²) in [7, 11) is 0. The molecule has 0 radical (unpaired) electrons. The van der Waals surface area contributed by atoms with E-state index in [1.165, 1.54) is 52.3 Å². The smallest absolute Gasteiger partial charge is 0.408 e. The van der Waals surface area contributed by atoms with Gasteiger partial charge in [-0.1, -0.05) is 91.0 Å².